The van der Waals surface area contributed by atoms with E-state index in [9.17, 15) is 4.79 Å². The summed E-state index contributed by atoms with van der Waals surface area (Å²) in [6, 6.07) is 5.88. The fourth-order valence-corrected chi connectivity index (χ4v) is 2.95. The van der Waals surface area contributed by atoms with Gasteiger partial charge in [0.25, 0.3) is 0 Å². The number of likely N-dealkylation sites (N-methyl/N-ethyl adjacent to an activating group) is 2. The summed E-state index contributed by atoms with van der Waals surface area (Å²) in [7, 11) is 3.83. The van der Waals surface area contributed by atoms with Crippen molar-refractivity contribution in [2.24, 2.45) is 5.92 Å². The first-order valence-electron chi connectivity index (χ1n) is 8.58. The fourth-order valence-electron chi connectivity index (χ4n) is 2.78. The van der Waals surface area contributed by atoms with Gasteiger partial charge in [-0.2, -0.15) is 0 Å². The van der Waals surface area contributed by atoms with Gasteiger partial charge in [0, 0.05) is 35.7 Å². The van der Waals surface area contributed by atoms with E-state index in [-0.39, 0.29) is 5.91 Å². The Morgan fingerprint density at radius 3 is 2.79 bits per heavy atom. The monoisotopic (exact) mass is 349 g/mol. The van der Waals surface area contributed by atoms with Crippen molar-refractivity contribution in [3.63, 3.8) is 0 Å². The van der Waals surface area contributed by atoms with Crippen LogP contribution in [0.4, 0.5) is 0 Å². The average molecular weight is 350 g/mol. The summed E-state index contributed by atoms with van der Waals surface area (Å²) in [6.45, 7) is 6.42. The molecule has 0 aliphatic carbocycles. The first kappa shape index (κ1) is 18.8. The van der Waals surface area contributed by atoms with Crippen LogP contribution < -0.4 is 5.32 Å². The molecule has 1 aromatic heterocycles. The smallest absolute Gasteiger partial charge is 0.242 e. The number of amides is 1. The van der Waals surface area contributed by atoms with Crippen LogP contribution in [0.2, 0.25) is 5.02 Å². The summed E-state index contributed by atoms with van der Waals surface area (Å²) in [5, 5.41) is 5.04. The molecule has 4 nitrogen and oxygen atoms in total. The Morgan fingerprint density at radius 1 is 1.38 bits per heavy atom. The van der Waals surface area contributed by atoms with Crippen LogP contribution >= 0.6 is 11.6 Å². The van der Waals surface area contributed by atoms with E-state index in [0.29, 0.717) is 12.5 Å². The van der Waals surface area contributed by atoms with E-state index in [4.69, 9.17) is 11.6 Å². The SMILES string of the molecule is CNCCc1cn(CC(=O)N(C)CCC(C)C)c2ccc(Cl)cc12. The molecule has 2 aromatic rings. The molecule has 0 atom stereocenters. The maximum atomic E-state index is 12.5. The number of rotatable bonds is 8. The number of carbonyl (C=O) groups is 1. The lowest BCUT2D eigenvalue weighted by Crippen LogP contribution is -2.31. The number of benzene rings is 1. The van der Waals surface area contributed by atoms with E-state index in [1.807, 2.05) is 41.8 Å². The molecular formula is C19H28ClN3O. The van der Waals surface area contributed by atoms with Crippen molar-refractivity contribution in [1.29, 1.82) is 0 Å². The number of hydrogen-bond acceptors (Lipinski definition) is 2. The lowest BCUT2D eigenvalue weighted by Gasteiger charge is -2.19. The van der Waals surface area contributed by atoms with Crippen LogP contribution in [-0.4, -0.2) is 42.6 Å². The van der Waals surface area contributed by atoms with E-state index >= 15 is 0 Å². The summed E-state index contributed by atoms with van der Waals surface area (Å²) in [5.41, 5.74) is 2.29. The molecule has 0 saturated carbocycles. The predicted molar refractivity (Wildman–Crippen MR) is 102 cm³/mol. The van der Waals surface area contributed by atoms with E-state index in [0.717, 1.165) is 41.9 Å². The molecule has 0 fully saturated rings. The first-order valence-corrected chi connectivity index (χ1v) is 8.96. The molecule has 1 amide bonds. The van der Waals surface area contributed by atoms with Crippen LogP contribution in [0, 0.1) is 5.92 Å². The van der Waals surface area contributed by atoms with Crippen LogP contribution in [0.3, 0.4) is 0 Å². The second-order valence-corrected chi connectivity index (χ2v) is 7.23. The minimum Gasteiger partial charge on any atom is -0.344 e. The molecule has 0 aliphatic rings. The minimum absolute atomic E-state index is 0.141. The summed E-state index contributed by atoms with van der Waals surface area (Å²) in [6.07, 6.45) is 4.03. The lowest BCUT2D eigenvalue weighted by molar-refractivity contribution is -0.130. The molecule has 2 rings (SSSR count). The van der Waals surface area contributed by atoms with Gasteiger partial charge in [0.05, 0.1) is 0 Å². The Hall–Kier alpha value is -1.52. The highest BCUT2D eigenvalue weighted by Gasteiger charge is 2.14. The van der Waals surface area contributed by atoms with E-state index in [1.165, 1.54) is 5.56 Å². The van der Waals surface area contributed by atoms with Gasteiger partial charge in [-0.05, 0) is 56.1 Å². The van der Waals surface area contributed by atoms with Crippen molar-refractivity contribution in [2.45, 2.75) is 33.2 Å². The Balaban J connectivity index is 2.20. The van der Waals surface area contributed by atoms with Gasteiger partial charge in [-0.25, -0.2) is 0 Å². The fraction of sp³-hybridized carbons (Fsp3) is 0.526. The number of fused-ring (bicyclic) bond motifs is 1. The highest BCUT2D eigenvalue weighted by molar-refractivity contribution is 6.31. The number of nitrogens with zero attached hydrogens (tertiary/aromatic N) is 2. The summed E-state index contributed by atoms with van der Waals surface area (Å²) >= 11 is 6.16. The highest BCUT2D eigenvalue weighted by Crippen LogP contribution is 2.25. The van der Waals surface area contributed by atoms with E-state index in [2.05, 4.69) is 25.4 Å². The number of halogens is 1. The zero-order valence-electron chi connectivity index (χ0n) is 15.1. The maximum Gasteiger partial charge on any atom is 0.242 e. The zero-order valence-corrected chi connectivity index (χ0v) is 15.9. The van der Waals surface area contributed by atoms with Gasteiger partial charge in [-0.15, -0.1) is 0 Å². The van der Waals surface area contributed by atoms with Gasteiger partial charge in [-0.1, -0.05) is 25.4 Å². The van der Waals surface area contributed by atoms with Crippen LogP contribution in [0.5, 0.6) is 0 Å². The Kier molecular flexibility index (Phi) is 6.69. The minimum atomic E-state index is 0.141. The molecule has 0 spiro atoms. The van der Waals surface area contributed by atoms with Crippen LogP contribution in [0.15, 0.2) is 24.4 Å². The molecule has 24 heavy (non-hydrogen) atoms. The highest BCUT2D eigenvalue weighted by atomic mass is 35.5. The molecule has 5 heteroatoms. The lowest BCUT2D eigenvalue weighted by atomic mass is 10.1. The first-order chi connectivity index (χ1) is 11.4. The molecule has 0 bridgehead atoms. The van der Waals surface area contributed by atoms with Gasteiger partial charge in [0.1, 0.15) is 6.54 Å². The molecule has 1 aromatic carbocycles. The molecule has 0 saturated heterocycles. The second-order valence-electron chi connectivity index (χ2n) is 6.80. The third-order valence-corrected chi connectivity index (χ3v) is 4.58. The standard InChI is InChI=1S/C19H28ClN3O/c1-14(2)8-10-22(4)19(24)13-23-12-15(7-9-21-3)17-11-16(20)5-6-18(17)23/h5-6,11-12,14,21H,7-10,13H2,1-4H3. The van der Waals surface area contributed by atoms with Crippen LogP contribution in [-0.2, 0) is 17.8 Å². The van der Waals surface area contributed by atoms with Crippen LogP contribution in [0.1, 0.15) is 25.8 Å². The summed E-state index contributed by atoms with van der Waals surface area (Å²) in [4.78, 5) is 14.4. The molecular weight excluding hydrogens is 322 g/mol. The Bertz CT molecular complexity index is 693. The number of aromatic nitrogens is 1. The van der Waals surface area contributed by atoms with Crippen molar-refractivity contribution in [1.82, 2.24) is 14.8 Å². The summed E-state index contributed by atoms with van der Waals surface area (Å²) < 4.78 is 2.05. The van der Waals surface area contributed by atoms with Crippen LogP contribution in [0.25, 0.3) is 10.9 Å². The second kappa shape index (κ2) is 8.54. The molecule has 0 aliphatic heterocycles. The summed E-state index contributed by atoms with van der Waals surface area (Å²) in [5.74, 6) is 0.741. The number of hydrogen-bond donors (Lipinski definition) is 1. The number of carbonyl (C=O) groups excluding carboxylic acids is 1. The van der Waals surface area contributed by atoms with Crippen molar-refractivity contribution in [3.05, 3.63) is 35.0 Å². The van der Waals surface area contributed by atoms with E-state index < -0.39 is 0 Å². The molecule has 1 heterocycles. The molecule has 1 N–H and O–H groups in total. The topological polar surface area (TPSA) is 37.3 Å². The average Bonchev–Trinajstić information content (AvgIpc) is 2.87. The zero-order chi connectivity index (χ0) is 17.7. The molecule has 132 valence electrons. The van der Waals surface area contributed by atoms with Crippen molar-refractivity contribution >= 4 is 28.4 Å². The normalized spacial score (nSPS) is 11.4. The Morgan fingerprint density at radius 2 is 2.12 bits per heavy atom. The van der Waals surface area contributed by atoms with Gasteiger partial charge in [0.2, 0.25) is 5.91 Å². The third kappa shape index (κ3) is 4.74. The van der Waals surface area contributed by atoms with Gasteiger partial charge in [0.15, 0.2) is 0 Å². The molecule has 0 radical (unpaired) electrons. The Labute approximate surface area is 149 Å². The van der Waals surface area contributed by atoms with Crippen molar-refractivity contribution in [3.8, 4) is 0 Å². The number of nitrogens with one attached hydrogen (secondary N) is 1. The molecule has 0 unspecified atom stereocenters. The largest absolute Gasteiger partial charge is 0.344 e. The van der Waals surface area contributed by atoms with Crippen molar-refractivity contribution < 1.29 is 4.79 Å². The van der Waals surface area contributed by atoms with E-state index in [1.54, 1.807) is 0 Å². The van der Waals surface area contributed by atoms with Crippen molar-refractivity contribution in [2.75, 3.05) is 27.2 Å². The van der Waals surface area contributed by atoms with Gasteiger partial charge < -0.3 is 14.8 Å². The quantitative estimate of drug-likeness (QED) is 0.791. The predicted octanol–water partition coefficient (Wildman–Crippen LogP) is 3.56. The van der Waals surface area contributed by atoms with Gasteiger partial charge >= 0.3 is 0 Å². The maximum absolute atomic E-state index is 12.5. The van der Waals surface area contributed by atoms with Gasteiger partial charge in [-0.3, -0.25) is 4.79 Å². The third-order valence-electron chi connectivity index (χ3n) is 4.34.